The second kappa shape index (κ2) is 10.3. The number of phenolic OH excluding ortho intramolecular Hbond substituents is 2. The Morgan fingerprint density at radius 3 is 2.48 bits per heavy atom. The highest BCUT2D eigenvalue weighted by Crippen LogP contribution is 2.57. The van der Waals surface area contributed by atoms with Crippen LogP contribution in [0.2, 0.25) is 0 Å². The predicted molar refractivity (Wildman–Crippen MR) is 157 cm³/mol. The Labute approximate surface area is 247 Å². The molecule has 224 valence electrons. The molecule has 10 nitrogen and oxygen atoms in total. The van der Waals surface area contributed by atoms with Crippen molar-refractivity contribution in [3.05, 3.63) is 45.0 Å². The number of aromatic hydroxyl groups is 2. The Balaban J connectivity index is 1.54. The van der Waals surface area contributed by atoms with Gasteiger partial charge in [0.15, 0.2) is 11.5 Å². The first-order valence-corrected chi connectivity index (χ1v) is 14.8. The van der Waals surface area contributed by atoms with Crippen LogP contribution >= 0.6 is 0 Å². The first-order chi connectivity index (χ1) is 20.0. The van der Waals surface area contributed by atoms with Crippen LogP contribution in [0.15, 0.2) is 6.07 Å². The van der Waals surface area contributed by atoms with E-state index >= 15 is 0 Å². The number of benzene rings is 2. The molecule has 2 aromatic carbocycles. The molecule has 2 aromatic rings. The topological polar surface area (TPSA) is 130 Å². The fraction of sp³-hybridized carbons (Fsp3) is 0.562. The van der Waals surface area contributed by atoms with Gasteiger partial charge in [-0.05, 0) is 70.3 Å². The highest BCUT2D eigenvalue weighted by atomic mass is 16.7. The van der Waals surface area contributed by atoms with Gasteiger partial charge in [-0.25, -0.2) is 0 Å². The summed E-state index contributed by atoms with van der Waals surface area (Å²) in [6.07, 6.45) is 1.07. The van der Waals surface area contributed by atoms with E-state index in [9.17, 15) is 20.3 Å². The van der Waals surface area contributed by atoms with Gasteiger partial charge in [-0.2, -0.15) is 5.26 Å². The number of amides is 1. The maximum atomic E-state index is 13.4. The van der Waals surface area contributed by atoms with Crippen molar-refractivity contribution < 1.29 is 24.5 Å². The van der Waals surface area contributed by atoms with Crippen LogP contribution in [0, 0.1) is 38.0 Å². The fourth-order valence-corrected chi connectivity index (χ4v) is 7.98. The van der Waals surface area contributed by atoms with Gasteiger partial charge in [0.2, 0.25) is 12.7 Å². The number of aryl methyl sites for hydroxylation is 1. The summed E-state index contributed by atoms with van der Waals surface area (Å²) in [7, 11) is 3.81. The number of nitrogens with zero attached hydrogens (tertiary/aromatic N) is 3. The molecule has 1 unspecified atom stereocenters. The average Bonchev–Trinajstić information content (AvgIpc) is 3.44. The quantitative estimate of drug-likeness (QED) is 0.425. The molecule has 0 spiro atoms. The zero-order valence-electron chi connectivity index (χ0n) is 25.4. The van der Waals surface area contributed by atoms with E-state index in [2.05, 4.69) is 32.6 Å². The number of fused-ring (bicyclic) bond motifs is 9. The first kappa shape index (κ1) is 28.6. The number of nitrogens with one attached hydrogen (secondary N) is 2. The lowest BCUT2D eigenvalue weighted by molar-refractivity contribution is -0.125. The second-order valence-electron chi connectivity index (χ2n) is 12.6. The minimum Gasteiger partial charge on any atom is -0.507 e. The van der Waals surface area contributed by atoms with Gasteiger partial charge in [-0.15, -0.1) is 0 Å². The van der Waals surface area contributed by atoms with Crippen LogP contribution in [0.3, 0.4) is 0 Å². The van der Waals surface area contributed by atoms with Crippen molar-refractivity contribution in [2.24, 2.45) is 5.92 Å². The summed E-state index contributed by atoms with van der Waals surface area (Å²) < 4.78 is 11.8. The van der Waals surface area contributed by atoms with E-state index in [0.717, 1.165) is 33.4 Å². The van der Waals surface area contributed by atoms with Crippen LogP contribution < -0.4 is 20.1 Å². The number of nitriles is 1. The lowest BCUT2D eigenvalue weighted by atomic mass is 9.71. The van der Waals surface area contributed by atoms with Gasteiger partial charge in [-0.3, -0.25) is 14.6 Å². The maximum absolute atomic E-state index is 13.4. The van der Waals surface area contributed by atoms with Gasteiger partial charge in [0, 0.05) is 40.9 Å². The fourth-order valence-electron chi connectivity index (χ4n) is 7.98. The SMILES string of the molecule is CN[C@H](C(=O)NC[C@H]1c2c(c(O)c(C)c3c2OCO3)CC2[C@H]3c4c(cc(C)c(C)c4O)C[C@@H]([C@H](C#N)N21)N3C)C(C)C. The van der Waals surface area contributed by atoms with Gasteiger partial charge in [0.1, 0.15) is 17.5 Å². The number of rotatable bonds is 5. The van der Waals surface area contributed by atoms with E-state index in [1.54, 1.807) is 7.05 Å². The highest BCUT2D eigenvalue weighted by molar-refractivity contribution is 5.82. The lowest BCUT2D eigenvalue weighted by Crippen LogP contribution is -2.69. The number of hydrogen-bond acceptors (Lipinski definition) is 9. The van der Waals surface area contributed by atoms with Crippen LogP contribution in [0.4, 0.5) is 0 Å². The molecule has 4 aliphatic heterocycles. The van der Waals surface area contributed by atoms with Crippen molar-refractivity contribution >= 4 is 5.91 Å². The predicted octanol–water partition coefficient (Wildman–Crippen LogP) is 2.88. The number of hydrogen-bond donors (Lipinski definition) is 4. The molecule has 4 N–H and O–H groups in total. The van der Waals surface area contributed by atoms with Crippen molar-refractivity contribution in [1.29, 1.82) is 5.26 Å². The van der Waals surface area contributed by atoms with Gasteiger partial charge >= 0.3 is 0 Å². The first-order valence-electron chi connectivity index (χ1n) is 14.8. The molecular weight excluding hydrogens is 534 g/mol. The smallest absolute Gasteiger partial charge is 0.237 e. The summed E-state index contributed by atoms with van der Waals surface area (Å²) >= 11 is 0. The molecule has 0 radical (unpaired) electrons. The molecule has 0 aromatic heterocycles. The van der Waals surface area contributed by atoms with Crippen molar-refractivity contribution in [2.45, 2.75) is 83.7 Å². The summed E-state index contributed by atoms with van der Waals surface area (Å²) in [5.41, 5.74) is 5.96. The summed E-state index contributed by atoms with van der Waals surface area (Å²) in [4.78, 5) is 17.8. The van der Waals surface area contributed by atoms with Crippen molar-refractivity contribution in [1.82, 2.24) is 20.4 Å². The van der Waals surface area contributed by atoms with E-state index in [4.69, 9.17) is 9.47 Å². The standard InChI is InChI=1S/C32H41N5O5/c1-14(2)26(34-6)32(40)35-12-23-25-19(28(38)17(5)30-31(25)42-13-41-30)10-21-27-24-18(8-15(3)16(4)29(24)39)9-20(36(27)7)22(11-33)37(21)23/h8,14,20-23,26-27,34,38-39H,9-10,12-13H2,1-7H3,(H,35,40)/t20-,21?,22-,23-,26-,27-/m0/s1. The largest absolute Gasteiger partial charge is 0.507 e. The number of piperazine rings is 1. The molecule has 1 fully saturated rings. The van der Waals surface area contributed by atoms with Crippen LogP contribution in [-0.2, 0) is 17.6 Å². The molecular formula is C32H41N5O5. The average molecular weight is 576 g/mol. The van der Waals surface area contributed by atoms with Gasteiger partial charge in [-0.1, -0.05) is 19.9 Å². The molecule has 4 heterocycles. The maximum Gasteiger partial charge on any atom is 0.237 e. The summed E-state index contributed by atoms with van der Waals surface area (Å²) in [5, 5.41) is 40.1. The highest BCUT2D eigenvalue weighted by Gasteiger charge is 2.56. The second-order valence-corrected chi connectivity index (χ2v) is 12.6. The monoisotopic (exact) mass is 575 g/mol. The number of carbonyl (C=O) groups excluding carboxylic acids is 1. The third-order valence-corrected chi connectivity index (χ3v) is 10.2. The molecule has 0 saturated carbocycles. The van der Waals surface area contributed by atoms with E-state index < -0.39 is 12.1 Å². The van der Waals surface area contributed by atoms with Crippen molar-refractivity contribution in [3.63, 3.8) is 0 Å². The molecule has 2 bridgehead atoms. The normalized spacial score (nSPS) is 26.7. The van der Waals surface area contributed by atoms with Crippen molar-refractivity contribution in [2.75, 3.05) is 27.4 Å². The molecule has 6 rings (SSSR count). The Bertz CT molecular complexity index is 1500. The van der Waals surface area contributed by atoms with Gasteiger partial charge in [0.25, 0.3) is 0 Å². The number of phenols is 2. The van der Waals surface area contributed by atoms with E-state index in [-0.39, 0.29) is 55.1 Å². The Morgan fingerprint density at radius 1 is 1.10 bits per heavy atom. The van der Waals surface area contributed by atoms with Gasteiger partial charge < -0.3 is 30.3 Å². The number of likely N-dealkylation sites (N-methyl/N-ethyl adjacent to an activating group) is 2. The molecule has 4 aliphatic rings. The lowest BCUT2D eigenvalue weighted by Gasteiger charge is -2.60. The van der Waals surface area contributed by atoms with Crippen LogP contribution in [-0.4, -0.2) is 77.5 Å². The summed E-state index contributed by atoms with van der Waals surface area (Å²) in [6, 6.07) is 2.81. The Morgan fingerprint density at radius 2 is 1.81 bits per heavy atom. The Hall–Kier alpha value is -3.52. The molecule has 6 atom stereocenters. The Kier molecular flexibility index (Phi) is 7.03. The third kappa shape index (κ3) is 3.98. The minimum absolute atomic E-state index is 0.0410. The molecule has 0 aliphatic carbocycles. The minimum atomic E-state index is -0.505. The van der Waals surface area contributed by atoms with Crippen molar-refractivity contribution in [3.8, 4) is 29.1 Å². The van der Waals surface area contributed by atoms with Gasteiger partial charge in [0.05, 0.1) is 24.2 Å². The summed E-state index contributed by atoms with van der Waals surface area (Å²) in [5.74, 6) is 1.48. The van der Waals surface area contributed by atoms with Crippen LogP contribution in [0.5, 0.6) is 23.0 Å². The van der Waals surface area contributed by atoms with E-state index in [1.807, 2.05) is 41.7 Å². The third-order valence-electron chi connectivity index (χ3n) is 10.2. The molecule has 1 saturated heterocycles. The zero-order chi connectivity index (χ0) is 30.2. The summed E-state index contributed by atoms with van der Waals surface area (Å²) in [6.45, 7) is 10.0. The number of carbonyl (C=O) groups is 1. The molecule has 42 heavy (non-hydrogen) atoms. The molecule has 1 amide bonds. The molecule has 10 heteroatoms. The van der Waals surface area contributed by atoms with Crippen LogP contribution in [0.25, 0.3) is 0 Å². The number of ether oxygens (including phenoxy) is 2. The van der Waals surface area contributed by atoms with E-state index in [1.165, 1.54) is 0 Å². The zero-order valence-corrected chi connectivity index (χ0v) is 25.4. The van der Waals surface area contributed by atoms with Crippen LogP contribution in [0.1, 0.15) is 64.9 Å². The van der Waals surface area contributed by atoms with E-state index in [0.29, 0.717) is 35.7 Å².